The molecule has 0 unspecified atom stereocenters. The van der Waals surface area contributed by atoms with Crippen molar-refractivity contribution in [1.82, 2.24) is 24.1 Å². The Hall–Kier alpha value is -7.83. The van der Waals surface area contributed by atoms with Crippen molar-refractivity contribution in [2.75, 3.05) is 0 Å². The van der Waals surface area contributed by atoms with E-state index in [1.165, 1.54) is 32.6 Å². The molecule has 0 saturated heterocycles. The van der Waals surface area contributed by atoms with E-state index in [-0.39, 0.29) is 0 Å². The summed E-state index contributed by atoms with van der Waals surface area (Å²) in [5.74, 6) is 1.76. The molecular weight excluding hydrogens is 699 g/mol. The lowest BCUT2D eigenvalue weighted by atomic mass is 10.1. The highest BCUT2D eigenvalue weighted by molar-refractivity contribution is 6.19. The molecule has 0 aliphatic heterocycles. The van der Waals surface area contributed by atoms with E-state index in [9.17, 15) is 0 Å². The molecule has 0 fully saturated rings. The Labute approximate surface area is 326 Å². The number of rotatable bonds is 5. The maximum Gasteiger partial charge on any atom is 0.167 e. The third-order valence-corrected chi connectivity index (χ3v) is 11.2. The fraction of sp³-hybridized carbons (Fsp3) is 0. The quantitative estimate of drug-likeness (QED) is 0.177. The summed E-state index contributed by atoms with van der Waals surface area (Å²) in [7, 11) is 0. The normalized spacial score (nSPS) is 11.9. The molecule has 266 valence electrons. The number of fused-ring (bicyclic) bond motifs is 9. The van der Waals surface area contributed by atoms with E-state index in [0.29, 0.717) is 17.5 Å². The highest BCUT2D eigenvalue weighted by Crippen LogP contribution is 2.40. The Balaban J connectivity index is 1.04. The van der Waals surface area contributed by atoms with Gasteiger partial charge in [0.15, 0.2) is 17.5 Å². The minimum atomic E-state index is 0.564. The smallest absolute Gasteiger partial charge is 0.167 e. The Morgan fingerprint density at radius 1 is 0.333 bits per heavy atom. The van der Waals surface area contributed by atoms with E-state index < -0.39 is 0 Å². The van der Waals surface area contributed by atoms with Gasteiger partial charge >= 0.3 is 0 Å². The van der Waals surface area contributed by atoms with E-state index in [4.69, 9.17) is 19.4 Å². The molecule has 0 radical (unpaired) electrons. The lowest BCUT2D eigenvalue weighted by Gasteiger charge is -2.11. The van der Waals surface area contributed by atoms with Gasteiger partial charge < -0.3 is 13.6 Å². The molecule has 12 rings (SSSR count). The Kier molecular flexibility index (Phi) is 6.83. The molecule has 8 aromatic carbocycles. The summed E-state index contributed by atoms with van der Waals surface area (Å²) in [5.41, 5.74) is 11.1. The van der Waals surface area contributed by atoms with Gasteiger partial charge in [0.05, 0.1) is 27.6 Å². The van der Waals surface area contributed by atoms with E-state index in [2.05, 4.69) is 137 Å². The zero-order valence-electron chi connectivity index (χ0n) is 30.5. The van der Waals surface area contributed by atoms with Crippen molar-refractivity contribution >= 4 is 65.6 Å². The number of aromatic nitrogens is 5. The highest BCUT2D eigenvalue weighted by Gasteiger charge is 2.20. The number of benzene rings is 8. The van der Waals surface area contributed by atoms with Crippen molar-refractivity contribution in [3.05, 3.63) is 188 Å². The van der Waals surface area contributed by atoms with Crippen molar-refractivity contribution in [3.8, 4) is 45.5 Å². The van der Waals surface area contributed by atoms with Crippen LogP contribution in [0.25, 0.3) is 111 Å². The minimum absolute atomic E-state index is 0.564. The molecule has 57 heavy (non-hydrogen) atoms. The fourth-order valence-electron chi connectivity index (χ4n) is 8.59. The number of para-hydroxylation sites is 5. The molecule has 0 bridgehead atoms. The van der Waals surface area contributed by atoms with Gasteiger partial charge in [-0.15, -0.1) is 0 Å². The first-order chi connectivity index (χ1) is 28.3. The molecule has 6 nitrogen and oxygen atoms in total. The summed E-state index contributed by atoms with van der Waals surface area (Å²) in [6.45, 7) is 0. The third-order valence-electron chi connectivity index (χ3n) is 11.2. The molecule has 0 saturated carbocycles. The van der Waals surface area contributed by atoms with Crippen molar-refractivity contribution in [3.63, 3.8) is 0 Å². The predicted octanol–water partition coefficient (Wildman–Crippen LogP) is 13.0. The zero-order chi connectivity index (χ0) is 37.5. The average molecular weight is 730 g/mol. The van der Waals surface area contributed by atoms with Crippen LogP contribution in [0.15, 0.2) is 192 Å². The van der Waals surface area contributed by atoms with Crippen molar-refractivity contribution < 1.29 is 4.42 Å². The van der Waals surface area contributed by atoms with Crippen LogP contribution in [0.5, 0.6) is 0 Å². The van der Waals surface area contributed by atoms with Crippen LogP contribution in [-0.2, 0) is 0 Å². The lowest BCUT2D eigenvalue weighted by molar-refractivity contribution is 0.669. The van der Waals surface area contributed by atoms with Crippen LogP contribution >= 0.6 is 0 Å². The van der Waals surface area contributed by atoms with Gasteiger partial charge in [0.2, 0.25) is 0 Å². The summed E-state index contributed by atoms with van der Waals surface area (Å²) >= 11 is 0. The minimum Gasteiger partial charge on any atom is -0.455 e. The lowest BCUT2D eigenvalue weighted by Crippen LogP contribution is -2.00. The Morgan fingerprint density at radius 2 is 0.825 bits per heavy atom. The predicted molar refractivity (Wildman–Crippen MR) is 232 cm³/mol. The van der Waals surface area contributed by atoms with E-state index in [1.54, 1.807) is 0 Å². The maximum absolute atomic E-state index is 6.43. The van der Waals surface area contributed by atoms with Crippen molar-refractivity contribution in [2.24, 2.45) is 0 Å². The van der Waals surface area contributed by atoms with Crippen molar-refractivity contribution in [2.45, 2.75) is 0 Å². The van der Waals surface area contributed by atoms with Gasteiger partial charge in [-0.3, -0.25) is 0 Å². The summed E-state index contributed by atoms with van der Waals surface area (Å²) in [6, 6.07) is 65.6. The molecule has 0 spiro atoms. The highest BCUT2D eigenvalue weighted by atomic mass is 16.3. The van der Waals surface area contributed by atoms with Crippen LogP contribution in [0, 0.1) is 0 Å². The second-order valence-corrected chi connectivity index (χ2v) is 14.4. The Morgan fingerprint density at radius 3 is 1.47 bits per heavy atom. The van der Waals surface area contributed by atoms with Crippen LogP contribution in [0.4, 0.5) is 0 Å². The van der Waals surface area contributed by atoms with Crippen LogP contribution in [0.2, 0.25) is 0 Å². The van der Waals surface area contributed by atoms with Gasteiger partial charge in [0.25, 0.3) is 0 Å². The molecule has 4 aromatic heterocycles. The van der Waals surface area contributed by atoms with Crippen molar-refractivity contribution in [1.29, 1.82) is 0 Å². The molecule has 4 heterocycles. The first-order valence-corrected chi connectivity index (χ1v) is 19.1. The molecular formula is C51H31N5O. The zero-order valence-corrected chi connectivity index (χ0v) is 30.5. The molecule has 0 aliphatic carbocycles. The van der Waals surface area contributed by atoms with Gasteiger partial charge in [-0.25, -0.2) is 15.0 Å². The van der Waals surface area contributed by atoms with Gasteiger partial charge in [0.1, 0.15) is 11.2 Å². The van der Waals surface area contributed by atoms with Gasteiger partial charge in [0, 0.05) is 54.8 Å². The summed E-state index contributed by atoms with van der Waals surface area (Å²) < 4.78 is 11.2. The molecule has 6 heteroatoms. The second-order valence-electron chi connectivity index (χ2n) is 14.4. The monoisotopic (exact) mass is 729 g/mol. The molecule has 0 amide bonds. The fourth-order valence-corrected chi connectivity index (χ4v) is 8.59. The number of hydrogen-bond acceptors (Lipinski definition) is 4. The number of hydrogen-bond donors (Lipinski definition) is 0. The molecule has 0 atom stereocenters. The average Bonchev–Trinajstić information content (AvgIpc) is 3.93. The molecule has 12 aromatic rings. The number of nitrogens with zero attached hydrogens (tertiary/aromatic N) is 5. The third kappa shape index (κ3) is 4.87. The first-order valence-electron chi connectivity index (χ1n) is 19.1. The van der Waals surface area contributed by atoms with E-state index in [0.717, 1.165) is 61.0 Å². The van der Waals surface area contributed by atoms with Crippen LogP contribution in [0.1, 0.15) is 0 Å². The topological polar surface area (TPSA) is 61.7 Å². The summed E-state index contributed by atoms with van der Waals surface area (Å²) in [6.07, 6.45) is 0. The Bertz CT molecular complexity index is 3510. The van der Waals surface area contributed by atoms with E-state index in [1.807, 2.05) is 60.7 Å². The van der Waals surface area contributed by atoms with E-state index >= 15 is 0 Å². The summed E-state index contributed by atoms with van der Waals surface area (Å²) in [4.78, 5) is 15.2. The molecule has 0 N–H and O–H groups in total. The second kappa shape index (κ2) is 12.3. The van der Waals surface area contributed by atoms with Gasteiger partial charge in [-0.1, -0.05) is 115 Å². The van der Waals surface area contributed by atoms with Crippen LogP contribution in [-0.4, -0.2) is 24.1 Å². The maximum atomic E-state index is 6.43. The first kappa shape index (κ1) is 31.5. The molecule has 0 aliphatic rings. The standard InChI is InChI=1S/C51H31N5O/c1-3-14-32(15-4-1)49-52-50(54-51(53-49)40-22-13-21-39-38-20-9-12-25-47(38)57-48(39)40)33-26-28-35(29-27-33)56-44-24-11-8-19-37(44)42-30-45-41(31-46(42)56)36-18-7-10-23-43(36)55(45)34-16-5-2-6-17-34/h1-31H. The largest absolute Gasteiger partial charge is 0.455 e. The van der Waals surface area contributed by atoms with Crippen LogP contribution in [0.3, 0.4) is 0 Å². The van der Waals surface area contributed by atoms with Crippen LogP contribution < -0.4 is 0 Å². The van der Waals surface area contributed by atoms with Gasteiger partial charge in [-0.05, 0) is 72.8 Å². The number of furan rings is 1. The van der Waals surface area contributed by atoms with Gasteiger partial charge in [-0.2, -0.15) is 0 Å². The SMILES string of the molecule is c1ccc(-c2nc(-c3ccc(-n4c5ccccc5c5cc6c(cc54)c4ccccc4n6-c4ccccc4)cc3)nc(-c3cccc4c3oc3ccccc34)n2)cc1. The summed E-state index contributed by atoms with van der Waals surface area (Å²) in [5, 5.41) is 6.95.